The predicted octanol–water partition coefficient (Wildman–Crippen LogP) is 0.229. The predicted molar refractivity (Wildman–Crippen MR) is 50.1 cm³/mol. The first-order chi connectivity index (χ1) is 6.81. The maximum absolute atomic E-state index is 10.6. The number of carbonyl (C=O) groups excluding carboxylic acids is 1. The molecule has 0 rings (SSSR count). The van der Waals surface area contributed by atoms with E-state index in [2.05, 4.69) is 4.74 Å². The van der Waals surface area contributed by atoms with Crippen LogP contribution in [0.25, 0.3) is 0 Å². The van der Waals surface area contributed by atoms with Crippen LogP contribution in [-0.4, -0.2) is 53.2 Å². The number of ether oxygens (including phenoxy) is 4. The summed E-state index contributed by atoms with van der Waals surface area (Å²) in [5.74, 6) is -0.371. The summed E-state index contributed by atoms with van der Waals surface area (Å²) in [6, 6.07) is 0. The van der Waals surface area contributed by atoms with Gasteiger partial charge in [-0.2, -0.15) is 0 Å². The second-order valence-electron chi connectivity index (χ2n) is 2.59. The summed E-state index contributed by atoms with van der Waals surface area (Å²) in [6.45, 7) is 2.22. The molecule has 84 valence electrons. The van der Waals surface area contributed by atoms with Gasteiger partial charge in [0.2, 0.25) is 0 Å². The van der Waals surface area contributed by atoms with Crippen LogP contribution in [0.2, 0.25) is 0 Å². The molecule has 0 aliphatic heterocycles. The second kappa shape index (κ2) is 10.4. The van der Waals surface area contributed by atoms with E-state index in [1.54, 1.807) is 7.11 Å². The number of esters is 1. The zero-order chi connectivity index (χ0) is 10.6. The molecule has 0 atom stereocenters. The Labute approximate surface area is 84.3 Å². The second-order valence-corrected chi connectivity index (χ2v) is 2.59. The lowest BCUT2D eigenvalue weighted by Crippen LogP contribution is -2.13. The largest absolute Gasteiger partial charge is 0.467 e. The SMILES string of the molecule is COCCCOCCOCC(=O)OC. The van der Waals surface area contributed by atoms with E-state index in [9.17, 15) is 4.79 Å². The third kappa shape index (κ3) is 9.44. The molecule has 0 amide bonds. The van der Waals surface area contributed by atoms with Gasteiger partial charge in [0, 0.05) is 20.3 Å². The highest BCUT2D eigenvalue weighted by molar-refractivity contribution is 5.70. The minimum Gasteiger partial charge on any atom is -0.467 e. The van der Waals surface area contributed by atoms with E-state index < -0.39 is 0 Å². The highest BCUT2D eigenvalue weighted by Gasteiger charge is 1.98. The van der Waals surface area contributed by atoms with Gasteiger partial charge in [-0.3, -0.25) is 0 Å². The number of methoxy groups -OCH3 is 2. The Kier molecular flexibility index (Phi) is 9.95. The normalized spacial score (nSPS) is 10.1. The molecule has 0 N–H and O–H groups in total. The van der Waals surface area contributed by atoms with Gasteiger partial charge in [-0.15, -0.1) is 0 Å². The van der Waals surface area contributed by atoms with Crippen LogP contribution in [-0.2, 0) is 23.7 Å². The third-order valence-electron chi connectivity index (χ3n) is 1.46. The van der Waals surface area contributed by atoms with Gasteiger partial charge in [0.1, 0.15) is 6.61 Å². The van der Waals surface area contributed by atoms with Crippen molar-refractivity contribution >= 4 is 5.97 Å². The lowest BCUT2D eigenvalue weighted by Gasteiger charge is -2.04. The van der Waals surface area contributed by atoms with Crippen LogP contribution in [0.4, 0.5) is 0 Å². The maximum Gasteiger partial charge on any atom is 0.331 e. The van der Waals surface area contributed by atoms with E-state index in [1.165, 1.54) is 7.11 Å². The molecule has 0 heterocycles. The lowest BCUT2D eigenvalue weighted by atomic mass is 10.5. The van der Waals surface area contributed by atoms with E-state index >= 15 is 0 Å². The minimum absolute atomic E-state index is 0.0159. The molecular weight excluding hydrogens is 188 g/mol. The molecular formula is C9H18O5. The Morgan fingerprint density at radius 3 is 2.36 bits per heavy atom. The molecule has 0 aromatic rings. The van der Waals surface area contributed by atoms with E-state index in [0.717, 1.165) is 6.42 Å². The zero-order valence-corrected chi connectivity index (χ0v) is 8.78. The van der Waals surface area contributed by atoms with Crippen LogP contribution in [0.5, 0.6) is 0 Å². The smallest absolute Gasteiger partial charge is 0.331 e. The molecule has 14 heavy (non-hydrogen) atoms. The van der Waals surface area contributed by atoms with Crippen LogP contribution < -0.4 is 0 Å². The molecule has 0 aromatic carbocycles. The van der Waals surface area contributed by atoms with Crippen molar-refractivity contribution in [1.82, 2.24) is 0 Å². The molecule has 5 nitrogen and oxygen atoms in total. The Bertz CT molecular complexity index is 137. The summed E-state index contributed by atoms with van der Waals surface area (Å²) in [6.07, 6.45) is 0.869. The third-order valence-corrected chi connectivity index (χ3v) is 1.46. The molecule has 0 fully saturated rings. The van der Waals surface area contributed by atoms with E-state index in [4.69, 9.17) is 14.2 Å². The average Bonchev–Trinajstić information content (AvgIpc) is 2.21. The number of hydrogen-bond acceptors (Lipinski definition) is 5. The Morgan fingerprint density at radius 1 is 1.00 bits per heavy atom. The van der Waals surface area contributed by atoms with Crippen LogP contribution in [0.3, 0.4) is 0 Å². The summed E-state index contributed by atoms with van der Waals surface area (Å²) in [5, 5.41) is 0. The summed E-state index contributed by atoms with van der Waals surface area (Å²) in [5.41, 5.74) is 0. The fourth-order valence-corrected chi connectivity index (χ4v) is 0.740. The molecule has 0 saturated heterocycles. The van der Waals surface area contributed by atoms with E-state index in [0.29, 0.717) is 26.4 Å². The van der Waals surface area contributed by atoms with Crippen molar-refractivity contribution in [2.75, 3.05) is 47.3 Å². The van der Waals surface area contributed by atoms with Gasteiger partial charge in [0.05, 0.1) is 20.3 Å². The van der Waals surface area contributed by atoms with E-state index in [1.807, 2.05) is 0 Å². The van der Waals surface area contributed by atoms with Crippen molar-refractivity contribution in [1.29, 1.82) is 0 Å². The van der Waals surface area contributed by atoms with Crippen LogP contribution in [0.15, 0.2) is 0 Å². The van der Waals surface area contributed by atoms with Crippen molar-refractivity contribution in [2.45, 2.75) is 6.42 Å². The van der Waals surface area contributed by atoms with Gasteiger partial charge in [0.25, 0.3) is 0 Å². The Balaban J connectivity index is 2.95. The molecule has 0 spiro atoms. The Hall–Kier alpha value is -0.650. The topological polar surface area (TPSA) is 54.0 Å². The first-order valence-corrected chi connectivity index (χ1v) is 4.52. The monoisotopic (exact) mass is 206 g/mol. The van der Waals surface area contributed by atoms with Gasteiger partial charge in [-0.1, -0.05) is 0 Å². The molecule has 0 radical (unpaired) electrons. The van der Waals surface area contributed by atoms with Crippen LogP contribution in [0.1, 0.15) is 6.42 Å². The van der Waals surface area contributed by atoms with Crippen molar-refractivity contribution < 1.29 is 23.7 Å². The van der Waals surface area contributed by atoms with Crippen LogP contribution in [0, 0.1) is 0 Å². The molecule has 0 aliphatic rings. The van der Waals surface area contributed by atoms with Crippen molar-refractivity contribution in [3.63, 3.8) is 0 Å². The van der Waals surface area contributed by atoms with Gasteiger partial charge in [-0.25, -0.2) is 4.79 Å². The molecule has 0 unspecified atom stereocenters. The highest BCUT2D eigenvalue weighted by Crippen LogP contribution is 1.85. The van der Waals surface area contributed by atoms with Gasteiger partial charge in [-0.05, 0) is 6.42 Å². The number of rotatable bonds is 9. The van der Waals surface area contributed by atoms with Crippen molar-refractivity contribution in [3.8, 4) is 0 Å². The summed E-state index contributed by atoms with van der Waals surface area (Å²) >= 11 is 0. The minimum atomic E-state index is -0.371. The first-order valence-electron chi connectivity index (χ1n) is 4.52. The molecule has 0 saturated carbocycles. The van der Waals surface area contributed by atoms with Crippen LogP contribution >= 0.6 is 0 Å². The maximum atomic E-state index is 10.6. The summed E-state index contributed by atoms with van der Waals surface area (Å²) in [7, 11) is 2.98. The summed E-state index contributed by atoms with van der Waals surface area (Å²) < 4.78 is 19.4. The zero-order valence-electron chi connectivity index (χ0n) is 8.78. The first kappa shape index (κ1) is 13.4. The molecule has 0 aromatic heterocycles. The van der Waals surface area contributed by atoms with E-state index in [-0.39, 0.29) is 12.6 Å². The standard InChI is InChI=1S/C9H18O5/c1-11-4-3-5-13-6-7-14-8-9(10)12-2/h3-8H2,1-2H3. The average molecular weight is 206 g/mol. The lowest BCUT2D eigenvalue weighted by molar-refractivity contribution is -0.146. The highest BCUT2D eigenvalue weighted by atomic mass is 16.6. The fraction of sp³-hybridized carbons (Fsp3) is 0.889. The molecule has 5 heteroatoms. The quantitative estimate of drug-likeness (QED) is 0.399. The summed E-state index contributed by atoms with van der Waals surface area (Å²) in [4.78, 5) is 10.6. The fourth-order valence-electron chi connectivity index (χ4n) is 0.740. The molecule has 0 aliphatic carbocycles. The number of hydrogen-bond donors (Lipinski definition) is 0. The van der Waals surface area contributed by atoms with Gasteiger partial charge < -0.3 is 18.9 Å². The molecule has 0 bridgehead atoms. The van der Waals surface area contributed by atoms with Crippen molar-refractivity contribution in [3.05, 3.63) is 0 Å². The van der Waals surface area contributed by atoms with Gasteiger partial charge in [0.15, 0.2) is 0 Å². The van der Waals surface area contributed by atoms with Gasteiger partial charge >= 0.3 is 5.97 Å². The van der Waals surface area contributed by atoms with Crippen molar-refractivity contribution in [2.24, 2.45) is 0 Å². The Morgan fingerprint density at radius 2 is 1.71 bits per heavy atom. The number of carbonyl (C=O) groups is 1.